The Labute approximate surface area is 151 Å². The molecule has 122 valence electrons. The van der Waals surface area contributed by atoms with Crippen LogP contribution < -0.4 is 0 Å². The van der Waals surface area contributed by atoms with Crippen LogP contribution in [0.1, 0.15) is 46.2 Å². The van der Waals surface area contributed by atoms with Gasteiger partial charge in [0.05, 0.1) is 15.6 Å². The molecule has 0 aliphatic heterocycles. The maximum atomic E-state index is 12.7. The molecule has 0 N–H and O–H groups in total. The summed E-state index contributed by atoms with van der Waals surface area (Å²) in [7, 11) is 0. The van der Waals surface area contributed by atoms with Gasteiger partial charge in [-0.1, -0.05) is 29.3 Å². The lowest BCUT2D eigenvalue weighted by Crippen LogP contribution is -2.04. The van der Waals surface area contributed by atoms with Crippen LogP contribution in [0.5, 0.6) is 0 Å². The van der Waals surface area contributed by atoms with E-state index in [1.54, 1.807) is 24.3 Å². The molecule has 0 saturated heterocycles. The highest BCUT2D eigenvalue weighted by Crippen LogP contribution is 2.38. The van der Waals surface area contributed by atoms with Crippen LogP contribution in [0, 0.1) is 25.2 Å². The fourth-order valence-corrected chi connectivity index (χ4v) is 3.57. The summed E-state index contributed by atoms with van der Waals surface area (Å²) in [5.41, 5.74) is 3.29. The van der Waals surface area contributed by atoms with Crippen molar-refractivity contribution in [3.8, 4) is 6.07 Å². The van der Waals surface area contributed by atoms with Crippen LogP contribution in [0.25, 0.3) is 6.08 Å². The molecule has 3 nitrogen and oxygen atoms in total. The lowest BCUT2D eigenvalue weighted by Gasteiger charge is -2.07. The topological polar surface area (TPSA) is 45.8 Å². The number of carbonyl (C=O) groups excluding carboxylic acids is 1. The molecule has 0 atom stereocenters. The number of nitriles is 1. The molecule has 1 saturated carbocycles. The molecular weight excluding hydrogens is 343 g/mol. The quantitative estimate of drug-likeness (QED) is 0.409. The summed E-state index contributed by atoms with van der Waals surface area (Å²) in [4.78, 5) is 12.7. The zero-order valence-corrected chi connectivity index (χ0v) is 14.9. The third-order valence-electron chi connectivity index (χ3n) is 4.29. The molecule has 5 heteroatoms. The number of nitrogens with zero attached hydrogens (tertiary/aromatic N) is 2. The van der Waals surface area contributed by atoms with Gasteiger partial charge in [-0.05, 0) is 56.5 Å². The Balaban J connectivity index is 2.03. The van der Waals surface area contributed by atoms with Crippen molar-refractivity contribution in [3.63, 3.8) is 0 Å². The van der Waals surface area contributed by atoms with Crippen LogP contribution in [0.3, 0.4) is 0 Å². The van der Waals surface area contributed by atoms with Gasteiger partial charge >= 0.3 is 0 Å². The molecule has 1 aromatic carbocycles. The molecule has 1 aliphatic rings. The molecule has 0 unspecified atom stereocenters. The molecule has 1 aliphatic carbocycles. The van der Waals surface area contributed by atoms with Crippen LogP contribution >= 0.6 is 23.2 Å². The molecule has 0 bridgehead atoms. The van der Waals surface area contributed by atoms with E-state index in [-0.39, 0.29) is 21.2 Å². The van der Waals surface area contributed by atoms with Gasteiger partial charge in [-0.25, -0.2) is 0 Å². The number of Topliss-reactive ketones (excluding diaryl/α,β-unsaturated/α-hetero) is 1. The van der Waals surface area contributed by atoms with Gasteiger partial charge < -0.3 is 4.57 Å². The minimum absolute atomic E-state index is 0.0287. The summed E-state index contributed by atoms with van der Waals surface area (Å²) in [5.74, 6) is -0.454. The van der Waals surface area contributed by atoms with Gasteiger partial charge in [-0.15, -0.1) is 0 Å². The monoisotopic (exact) mass is 358 g/mol. The smallest absolute Gasteiger partial charge is 0.206 e. The van der Waals surface area contributed by atoms with Gasteiger partial charge in [-0.2, -0.15) is 5.26 Å². The van der Waals surface area contributed by atoms with Crippen LogP contribution in [-0.4, -0.2) is 10.4 Å². The average molecular weight is 359 g/mol. The van der Waals surface area contributed by atoms with Gasteiger partial charge in [0.25, 0.3) is 0 Å². The molecule has 0 amide bonds. The Morgan fingerprint density at radius 2 is 1.92 bits per heavy atom. The number of hydrogen-bond donors (Lipinski definition) is 0. The average Bonchev–Trinajstić information content (AvgIpc) is 3.31. The fraction of sp³-hybridized carbons (Fsp3) is 0.263. The maximum Gasteiger partial charge on any atom is 0.206 e. The van der Waals surface area contributed by atoms with Crippen LogP contribution in [-0.2, 0) is 0 Å². The third kappa shape index (κ3) is 3.00. The van der Waals surface area contributed by atoms with E-state index in [2.05, 4.69) is 4.57 Å². The zero-order valence-electron chi connectivity index (χ0n) is 13.4. The first-order valence-electron chi connectivity index (χ1n) is 7.73. The largest absolute Gasteiger partial charge is 0.346 e. The normalized spacial score (nSPS) is 14.5. The number of aryl methyl sites for hydroxylation is 1. The predicted molar refractivity (Wildman–Crippen MR) is 96.6 cm³/mol. The number of carbonyl (C=O) groups is 1. The summed E-state index contributed by atoms with van der Waals surface area (Å²) in [6.45, 7) is 4.06. The van der Waals surface area contributed by atoms with Crippen LogP contribution in [0.15, 0.2) is 29.8 Å². The van der Waals surface area contributed by atoms with Crippen LogP contribution in [0.2, 0.25) is 10.0 Å². The van der Waals surface area contributed by atoms with Gasteiger partial charge in [0.15, 0.2) is 0 Å². The minimum Gasteiger partial charge on any atom is -0.346 e. The Hall–Kier alpha value is -2.02. The summed E-state index contributed by atoms with van der Waals surface area (Å²) in [6.07, 6.45) is 3.99. The fourth-order valence-electron chi connectivity index (χ4n) is 3.00. The van der Waals surface area contributed by atoms with E-state index in [0.717, 1.165) is 17.0 Å². The van der Waals surface area contributed by atoms with Crippen molar-refractivity contribution in [1.82, 2.24) is 4.57 Å². The zero-order chi connectivity index (χ0) is 17.4. The molecule has 2 aromatic rings. The molecule has 3 rings (SSSR count). The van der Waals surface area contributed by atoms with Gasteiger partial charge in [0, 0.05) is 17.4 Å². The first-order valence-corrected chi connectivity index (χ1v) is 8.48. The maximum absolute atomic E-state index is 12.7. The van der Waals surface area contributed by atoms with E-state index in [0.29, 0.717) is 6.04 Å². The van der Waals surface area contributed by atoms with E-state index < -0.39 is 5.78 Å². The highest BCUT2D eigenvalue weighted by molar-refractivity contribution is 6.41. The Morgan fingerprint density at radius 1 is 1.29 bits per heavy atom. The third-order valence-corrected chi connectivity index (χ3v) is 4.92. The molecule has 1 fully saturated rings. The minimum atomic E-state index is -0.454. The van der Waals surface area contributed by atoms with Crippen molar-refractivity contribution in [3.05, 3.63) is 62.4 Å². The van der Waals surface area contributed by atoms with E-state index in [4.69, 9.17) is 23.2 Å². The number of rotatable bonds is 4. The summed E-state index contributed by atoms with van der Waals surface area (Å²) in [6, 6.07) is 9.39. The van der Waals surface area contributed by atoms with E-state index >= 15 is 0 Å². The van der Waals surface area contributed by atoms with Crippen molar-refractivity contribution in [1.29, 1.82) is 5.26 Å². The number of benzene rings is 1. The second-order valence-corrected chi connectivity index (χ2v) is 6.84. The lowest BCUT2D eigenvalue weighted by molar-refractivity contribution is 0.104. The van der Waals surface area contributed by atoms with Gasteiger partial charge in [0.2, 0.25) is 5.78 Å². The number of allylic oxidation sites excluding steroid dienone is 1. The molecule has 1 heterocycles. The Bertz CT molecular complexity index is 879. The summed E-state index contributed by atoms with van der Waals surface area (Å²) in [5, 5.41) is 9.95. The number of aromatic nitrogens is 1. The number of halogens is 2. The Morgan fingerprint density at radius 3 is 2.46 bits per heavy atom. The molecular formula is C19H16Cl2N2O. The van der Waals surface area contributed by atoms with Crippen molar-refractivity contribution in [2.24, 2.45) is 0 Å². The molecule has 24 heavy (non-hydrogen) atoms. The van der Waals surface area contributed by atoms with Crippen molar-refractivity contribution in [2.75, 3.05) is 0 Å². The summed E-state index contributed by atoms with van der Waals surface area (Å²) >= 11 is 12.2. The van der Waals surface area contributed by atoms with E-state index in [1.165, 1.54) is 12.8 Å². The van der Waals surface area contributed by atoms with Gasteiger partial charge in [0.1, 0.15) is 11.6 Å². The van der Waals surface area contributed by atoms with Gasteiger partial charge in [-0.3, -0.25) is 4.79 Å². The Kier molecular flexibility index (Phi) is 4.54. The van der Waals surface area contributed by atoms with Crippen molar-refractivity contribution in [2.45, 2.75) is 32.7 Å². The van der Waals surface area contributed by atoms with E-state index in [9.17, 15) is 10.1 Å². The SMILES string of the molecule is Cc1cc(C=C(C#N)C(=O)c2c(Cl)cccc2Cl)c(C)n1C1CC1. The van der Waals surface area contributed by atoms with Crippen LogP contribution in [0.4, 0.5) is 0 Å². The first kappa shape index (κ1) is 16.8. The van der Waals surface area contributed by atoms with E-state index in [1.807, 2.05) is 26.0 Å². The highest BCUT2D eigenvalue weighted by Gasteiger charge is 2.27. The van der Waals surface area contributed by atoms with Crippen molar-refractivity contribution < 1.29 is 4.79 Å². The summed E-state index contributed by atoms with van der Waals surface area (Å²) < 4.78 is 2.27. The molecule has 0 spiro atoms. The number of ketones is 1. The first-order chi connectivity index (χ1) is 11.4. The lowest BCUT2D eigenvalue weighted by atomic mass is 10.0. The standard InChI is InChI=1S/C19H16Cl2N2O/c1-11-8-13(12(2)23(11)15-6-7-15)9-14(10-22)19(24)18-16(20)4-3-5-17(18)21/h3-5,8-9,15H,6-7H2,1-2H3. The predicted octanol–water partition coefficient (Wildman–Crippen LogP) is 5.54. The second-order valence-electron chi connectivity index (χ2n) is 6.02. The second kappa shape index (κ2) is 6.47. The highest BCUT2D eigenvalue weighted by atomic mass is 35.5. The molecule has 0 radical (unpaired) electrons. The van der Waals surface area contributed by atoms with Crippen molar-refractivity contribution >= 4 is 35.1 Å². The number of hydrogen-bond acceptors (Lipinski definition) is 2. The molecule has 1 aromatic heterocycles.